The molecule has 2 aromatic rings. The van der Waals surface area contributed by atoms with Crippen LogP contribution >= 0.6 is 0 Å². The summed E-state index contributed by atoms with van der Waals surface area (Å²) in [4.78, 5) is 26.0. The smallest absolute Gasteiger partial charge is 0.351 e. The molecule has 1 aliphatic heterocycles. The number of nitrogens with one attached hydrogen (secondary N) is 1. The molecular formula is C24H30F3N5O. The molecule has 33 heavy (non-hydrogen) atoms. The zero-order valence-corrected chi connectivity index (χ0v) is 19.4. The number of hydrogen-bond donors (Lipinski definition) is 1. The molecule has 2 aliphatic rings. The predicted molar refractivity (Wildman–Crippen MR) is 122 cm³/mol. The van der Waals surface area contributed by atoms with Gasteiger partial charge in [0, 0.05) is 19.6 Å². The summed E-state index contributed by atoms with van der Waals surface area (Å²) < 4.78 is 40.5. The summed E-state index contributed by atoms with van der Waals surface area (Å²) in [6.45, 7) is 6.05. The summed E-state index contributed by atoms with van der Waals surface area (Å²) in [6.07, 6.45) is 1.44. The molecule has 9 heteroatoms. The number of anilines is 3. The molecule has 1 aromatic carbocycles. The third-order valence-corrected chi connectivity index (χ3v) is 6.68. The number of benzene rings is 1. The van der Waals surface area contributed by atoms with Crippen LogP contribution in [-0.4, -0.2) is 35.5 Å². The van der Waals surface area contributed by atoms with E-state index in [9.17, 15) is 18.0 Å². The van der Waals surface area contributed by atoms with Gasteiger partial charge in [-0.15, -0.1) is 0 Å². The highest BCUT2D eigenvalue weighted by Gasteiger charge is 2.41. The van der Waals surface area contributed by atoms with Gasteiger partial charge in [0.05, 0.1) is 23.2 Å². The Balaban J connectivity index is 1.71. The molecule has 1 atom stereocenters. The van der Waals surface area contributed by atoms with Crippen LogP contribution < -0.4 is 15.1 Å². The fraction of sp³-hybridized carbons (Fsp3) is 0.542. The number of carbonyl (C=O) groups excluding carboxylic acids is 1. The maximum Gasteiger partial charge on any atom is 0.416 e. The number of amides is 1. The van der Waals surface area contributed by atoms with Crippen LogP contribution in [0, 0.1) is 5.41 Å². The van der Waals surface area contributed by atoms with Crippen molar-refractivity contribution in [3.05, 3.63) is 41.6 Å². The second kappa shape index (κ2) is 8.50. The van der Waals surface area contributed by atoms with Crippen LogP contribution in [0.3, 0.4) is 0 Å². The first-order valence-electron chi connectivity index (χ1n) is 11.3. The molecule has 2 heterocycles. The Morgan fingerprint density at radius 1 is 1.18 bits per heavy atom. The average Bonchev–Trinajstić information content (AvgIpc) is 3.28. The molecule has 1 saturated carbocycles. The van der Waals surface area contributed by atoms with Crippen molar-refractivity contribution in [2.24, 2.45) is 5.41 Å². The molecular weight excluding hydrogens is 431 g/mol. The minimum Gasteiger partial charge on any atom is -0.351 e. The molecule has 0 saturated heterocycles. The van der Waals surface area contributed by atoms with E-state index in [4.69, 9.17) is 4.98 Å². The van der Waals surface area contributed by atoms with Gasteiger partial charge in [0.15, 0.2) is 5.82 Å². The highest BCUT2D eigenvalue weighted by molar-refractivity contribution is 6.00. The molecule has 4 rings (SSSR count). The van der Waals surface area contributed by atoms with Crippen molar-refractivity contribution < 1.29 is 18.0 Å². The van der Waals surface area contributed by atoms with Gasteiger partial charge in [-0.2, -0.15) is 18.2 Å². The SMILES string of the molecule is C[C@H](Nc1ncc2c(n1)N(C1CCCC1)CC(C)(C)C(=O)N2C)c1ccccc1C(F)(F)F. The maximum absolute atomic E-state index is 13.5. The highest BCUT2D eigenvalue weighted by Crippen LogP contribution is 2.41. The molecule has 6 nitrogen and oxygen atoms in total. The first-order valence-corrected chi connectivity index (χ1v) is 11.3. The van der Waals surface area contributed by atoms with E-state index in [1.807, 2.05) is 13.8 Å². The van der Waals surface area contributed by atoms with Crippen LogP contribution in [0.2, 0.25) is 0 Å². The van der Waals surface area contributed by atoms with E-state index in [1.165, 1.54) is 12.1 Å². The van der Waals surface area contributed by atoms with E-state index >= 15 is 0 Å². The summed E-state index contributed by atoms with van der Waals surface area (Å²) >= 11 is 0. The van der Waals surface area contributed by atoms with Crippen molar-refractivity contribution in [3.8, 4) is 0 Å². The summed E-state index contributed by atoms with van der Waals surface area (Å²) in [5.41, 5.74) is -0.541. The summed E-state index contributed by atoms with van der Waals surface area (Å²) in [5, 5.41) is 3.05. The number of carbonyl (C=O) groups is 1. The van der Waals surface area contributed by atoms with Crippen LogP contribution in [-0.2, 0) is 11.0 Å². The Morgan fingerprint density at radius 3 is 2.52 bits per heavy atom. The van der Waals surface area contributed by atoms with Gasteiger partial charge in [-0.3, -0.25) is 4.79 Å². The normalized spacial score (nSPS) is 19.9. The lowest BCUT2D eigenvalue weighted by Crippen LogP contribution is -2.45. The van der Waals surface area contributed by atoms with Gasteiger partial charge in [0.1, 0.15) is 5.69 Å². The minimum absolute atomic E-state index is 0.0129. The Bertz CT molecular complexity index is 1030. The van der Waals surface area contributed by atoms with E-state index < -0.39 is 23.2 Å². The average molecular weight is 462 g/mol. The number of hydrogen-bond acceptors (Lipinski definition) is 5. The highest BCUT2D eigenvalue weighted by atomic mass is 19.4. The zero-order chi connectivity index (χ0) is 24.0. The Hall–Kier alpha value is -2.84. The topological polar surface area (TPSA) is 61.4 Å². The zero-order valence-electron chi connectivity index (χ0n) is 19.4. The second-order valence-corrected chi connectivity index (χ2v) is 9.67. The lowest BCUT2D eigenvalue weighted by atomic mass is 9.91. The minimum atomic E-state index is -4.45. The molecule has 1 fully saturated rings. The van der Waals surface area contributed by atoms with Gasteiger partial charge < -0.3 is 15.1 Å². The summed E-state index contributed by atoms with van der Waals surface area (Å²) in [6, 6.07) is 5.12. The van der Waals surface area contributed by atoms with Crippen LogP contribution in [0.15, 0.2) is 30.5 Å². The fourth-order valence-electron chi connectivity index (χ4n) is 4.94. The second-order valence-electron chi connectivity index (χ2n) is 9.67. The first kappa shape index (κ1) is 23.3. The Morgan fingerprint density at radius 2 is 1.85 bits per heavy atom. The van der Waals surface area contributed by atoms with Crippen molar-refractivity contribution in [2.45, 2.75) is 64.7 Å². The monoisotopic (exact) mass is 461 g/mol. The molecule has 0 unspecified atom stereocenters. The number of fused-ring (bicyclic) bond motifs is 1. The van der Waals surface area contributed by atoms with Crippen molar-refractivity contribution >= 4 is 23.4 Å². The summed E-state index contributed by atoms with van der Waals surface area (Å²) in [5.74, 6) is 0.875. The van der Waals surface area contributed by atoms with E-state index in [2.05, 4.69) is 15.2 Å². The van der Waals surface area contributed by atoms with Crippen molar-refractivity contribution in [1.29, 1.82) is 0 Å². The number of nitrogens with zero attached hydrogens (tertiary/aromatic N) is 4. The molecule has 0 bridgehead atoms. The number of alkyl halides is 3. The largest absolute Gasteiger partial charge is 0.416 e. The third kappa shape index (κ3) is 4.50. The Kier molecular flexibility index (Phi) is 6.01. The van der Waals surface area contributed by atoms with Crippen molar-refractivity contribution in [2.75, 3.05) is 28.7 Å². The molecule has 1 aromatic heterocycles. The standard InChI is InChI=1S/C24H30F3N5O/c1-15(17-11-7-8-12-18(17)24(25,26)27)29-22-28-13-19-20(30-22)32(16-9-5-6-10-16)14-23(2,3)21(33)31(19)4/h7-8,11-13,15-16H,5-6,9-10,14H2,1-4H3,(H,28,29,30)/t15-/m0/s1. The van der Waals surface area contributed by atoms with E-state index in [1.54, 1.807) is 31.1 Å². The lowest BCUT2D eigenvalue weighted by Gasteiger charge is -2.34. The molecule has 1 amide bonds. The van der Waals surface area contributed by atoms with E-state index in [0.29, 0.717) is 18.1 Å². The number of aromatic nitrogens is 2. The van der Waals surface area contributed by atoms with Crippen molar-refractivity contribution in [3.63, 3.8) is 0 Å². The molecule has 1 aliphatic carbocycles. The Labute approximate surface area is 192 Å². The predicted octanol–water partition coefficient (Wildman–Crippen LogP) is 5.42. The van der Waals surface area contributed by atoms with E-state index in [-0.39, 0.29) is 23.5 Å². The van der Waals surface area contributed by atoms with Crippen LogP contribution in [0.5, 0.6) is 0 Å². The van der Waals surface area contributed by atoms with Crippen LogP contribution in [0.1, 0.15) is 63.6 Å². The first-order chi connectivity index (χ1) is 15.5. The molecule has 1 N–H and O–H groups in total. The van der Waals surface area contributed by atoms with Gasteiger partial charge in [-0.1, -0.05) is 31.0 Å². The van der Waals surface area contributed by atoms with Gasteiger partial charge in [-0.25, -0.2) is 4.98 Å². The number of halogens is 3. The lowest BCUT2D eigenvalue weighted by molar-refractivity contribution is -0.138. The number of rotatable bonds is 4. The van der Waals surface area contributed by atoms with Gasteiger partial charge >= 0.3 is 6.18 Å². The van der Waals surface area contributed by atoms with Crippen molar-refractivity contribution in [1.82, 2.24) is 9.97 Å². The fourth-order valence-corrected chi connectivity index (χ4v) is 4.94. The van der Waals surface area contributed by atoms with E-state index in [0.717, 1.165) is 31.7 Å². The van der Waals surface area contributed by atoms with Crippen LogP contribution in [0.25, 0.3) is 0 Å². The maximum atomic E-state index is 13.5. The van der Waals surface area contributed by atoms with Gasteiger partial charge in [0.2, 0.25) is 11.9 Å². The van der Waals surface area contributed by atoms with Crippen LogP contribution in [0.4, 0.5) is 30.6 Å². The molecule has 0 radical (unpaired) electrons. The third-order valence-electron chi connectivity index (χ3n) is 6.68. The van der Waals surface area contributed by atoms with Gasteiger partial charge in [-0.05, 0) is 45.2 Å². The van der Waals surface area contributed by atoms with Gasteiger partial charge in [0.25, 0.3) is 0 Å². The molecule has 178 valence electrons. The quantitative estimate of drug-likeness (QED) is 0.659. The summed E-state index contributed by atoms with van der Waals surface area (Å²) in [7, 11) is 1.72. The molecule has 0 spiro atoms.